The second kappa shape index (κ2) is 5.36. The lowest BCUT2D eigenvalue weighted by molar-refractivity contribution is -0.137. The highest BCUT2D eigenvalue weighted by atomic mass is 19.4. The van der Waals surface area contributed by atoms with Crippen molar-refractivity contribution in [1.82, 2.24) is 0 Å². The fourth-order valence-electron chi connectivity index (χ4n) is 1.80. The number of hydrogen-bond donors (Lipinski definition) is 0. The van der Waals surface area contributed by atoms with Crippen LogP contribution in [0.5, 0.6) is 5.75 Å². The van der Waals surface area contributed by atoms with E-state index in [-0.39, 0.29) is 11.3 Å². The van der Waals surface area contributed by atoms with E-state index in [1.165, 1.54) is 7.11 Å². The Morgan fingerprint density at radius 1 is 1.00 bits per heavy atom. The van der Waals surface area contributed by atoms with Crippen molar-refractivity contribution in [2.24, 2.45) is 0 Å². The number of carbonyl (C=O) groups is 1. The van der Waals surface area contributed by atoms with Gasteiger partial charge in [0.25, 0.3) is 0 Å². The van der Waals surface area contributed by atoms with E-state index in [1.807, 2.05) is 0 Å². The number of carbonyl (C=O) groups excluding carboxylic acids is 1. The predicted molar refractivity (Wildman–Crippen MR) is 67.9 cm³/mol. The van der Waals surface area contributed by atoms with Gasteiger partial charge in [-0.05, 0) is 24.3 Å². The quantitative estimate of drug-likeness (QED) is 0.796. The Morgan fingerprint density at radius 3 is 2.15 bits per heavy atom. The maximum atomic E-state index is 12.5. The molecule has 2 aromatic carbocycles. The van der Waals surface area contributed by atoms with Gasteiger partial charge in [-0.25, -0.2) is 0 Å². The van der Waals surface area contributed by atoms with Gasteiger partial charge in [-0.2, -0.15) is 13.2 Å². The number of benzene rings is 2. The number of para-hydroxylation sites is 1. The summed E-state index contributed by atoms with van der Waals surface area (Å²) < 4.78 is 42.4. The van der Waals surface area contributed by atoms with E-state index < -0.39 is 11.7 Å². The van der Waals surface area contributed by atoms with Crippen molar-refractivity contribution in [2.75, 3.05) is 7.11 Å². The van der Waals surface area contributed by atoms with Gasteiger partial charge in [-0.15, -0.1) is 0 Å². The van der Waals surface area contributed by atoms with Gasteiger partial charge in [0.2, 0.25) is 0 Å². The zero-order chi connectivity index (χ0) is 14.8. The van der Waals surface area contributed by atoms with Gasteiger partial charge in [0.05, 0.1) is 18.2 Å². The summed E-state index contributed by atoms with van der Waals surface area (Å²) in [5, 5.41) is 0. The number of ether oxygens (including phenoxy) is 1. The molecule has 0 atom stereocenters. The molecule has 0 saturated carbocycles. The predicted octanol–water partition coefficient (Wildman–Crippen LogP) is 3.95. The van der Waals surface area contributed by atoms with Gasteiger partial charge < -0.3 is 4.74 Å². The first-order valence-electron chi connectivity index (χ1n) is 5.78. The molecule has 2 aromatic rings. The van der Waals surface area contributed by atoms with Crippen LogP contribution in [0.2, 0.25) is 0 Å². The molecule has 0 bridgehead atoms. The smallest absolute Gasteiger partial charge is 0.416 e. The fourth-order valence-corrected chi connectivity index (χ4v) is 1.80. The Hall–Kier alpha value is -2.30. The average molecular weight is 280 g/mol. The number of alkyl halides is 3. The molecule has 0 heterocycles. The average Bonchev–Trinajstić information content (AvgIpc) is 2.45. The van der Waals surface area contributed by atoms with E-state index in [1.54, 1.807) is 24.3 Å². The first-order chi connectivity index (χ1) is 9.43. The van der Waals surface area contributed by atoms with E-state index in [9.17, 15) is 18.0 Å². The van der Waals surface area contributed by atoms with E-state index in [0.29, 0.717) is 11.3 Å². The van der Waals surface area contributed by atoms with Crippen LogP contribution >= 0.6 is 0 Å². The lowest BCUT2D eigenvalue weighted by Crippen LogP contribution is -2.07. The van der Waals surface area contributed by atoms with Gasteiger partial charge in [0.15, 0.2) is 5.78 Å². The summed E-state index contributed by atoms with van der Waals surface area (Å²) in [6.45, 7) is 0. The molecular weight excluding hydrogens is 269 g/mol. The van der Waals surface area contributed by atoms with Crippen molar-refractivity contribution in [2.45, 2.75) is 6.18 Å². The van der Waals surface area contributed by atoms with E-state index >= 15 is 0 Å². The van der Waals surface area contributed by atoms with Crippen LogP contribution in [0.15, 0.2) is 48.5 Å². The van der Waals surface area contributed by atoms with Crippen molar-refractivity contribution >= 4 is 5.78 Å². The van der Waals surface area contributed by atoms with Crippen molar-refractivity contribution in [3.05, 3.63) is 65.2 Å². The van der Waals surface area contributed by atoms with Crippen LogP contribution in [-0.2, 0) is 6.18 Å². The van der Waals surface area contributed by atoms with Crippen molar-refractivity contribution < 1.29 is 22.7 Å². The van der Waals surface area contributed by atoms with Crippen LogP contribution in [0, 0.1) is 0 Å². The molecule has 0 radical (unpaired) electrons. The second-order valence-corrected chi connectivity index (χ2v) is 4.10. The van der Waals surface area contributed by atoms with E-state index in [0.717, 1.165) is 24.3 Å². The summed E-state index contributed by atoms with van der Waals surface area (Å²) >= 11 is 0. The molecule has 0 fully saturated rings. The lowest BCUT2D eigenvalue weighted by Gasteiger charge is -2.09. The number of ketones is 1. The Labute approximate surface area is 113 Å². The number of hydrogen-bond acceptors (Lipinski definition) is 2. The Bertz CT molecular complexity index is 616. The molecule has 5 heteroatoms. The highest BCUT2D eigenvalue weighted by Crippen LogP contribution is 2.29. The minimum Gasteiger partial charge on any atom is -0.496 e. The number of methoxy groups -OCH3 is 1. The molecule has 0 aromatic heterocycles. The molecule has 0 unspecified atom stereocenters. The molecule has 0 aliphatic carbocycles. The lowest BCUT2D eigenvalue weighted by atomic mass is 10.0. The Morgan fingerprint density at radius 2 is 1.60 bits per heavy atom. The van der Waals surface area contributed by atoms with E-state index in [4.69, 9.17) is 4.74 Å². The van der Waals surface area contributed by atoms with Crippen LogP contribution < -0.4 is 4.74 Å². The maximum absolute atomic E-state index is 12.5. The molecule has 0 saturated heterocycles. The van der Waals surface area contributed by atoms with Gasteiger partial charge in [-0.3, -0.25) is 4.79 Å². The molecule has 0 aliphatic heterocycles. The van der Waals surface area contributed by atoms with Crippen LogP contribution in [0.4, 0.5) is 13.2 Å². The molecule has 0 N–H and O–H groups in total. The summed E-state index contributed by atoms with van der Waals surface area (Å²) in [7, 11) is 1.43. The van der Waals surface area contributed by atoms with Crippen LogP contribution in [0.25, 0.3) is 0 Å². The zero-order valence-corrected chi connectivity index (χ0v) is 10.6. The fraction of sp³-hybridized carbons (Fsp3) is 0.133. The summed E-state index contributed by atoms with van der Waals surface area (Å²) in [6, 6.07) is 10.7. The van der Waals surface area contributed by atoms with Gasteiger partial charge in [0.1, 0.15) is 5.75 Å². The minimum absolute atomic E-state index is 0.183. The van der Waals surface area contributed by atoms with Gasteiger partial charge in [0, 0.05) is 5.56 Å². The summed E-state index contributed by atoms with van der Waals surface area (Å²) in [5.74, 6) is 0.00794. The van der Waals surface area contributed by atoms with Crippen LogP contribution in [-0.4, -0.2) is 12.9 Å². The molecule has 104 valence electrons. The monoisotopic (exact) mass is 280 g/mol. The van der Waals surface area contributed by atoms with Gasteiger partial charge >= 0.3 is 6.18 Å². The third kappa shape index (κ3) is 2.82. The largest absolute Gasteiger partial charge is 0.496 e. The molecule has 0 aliphatic rings. The van der Waals surface area contributed by atoms with E-state index in [2.05, 4.69) is 0 Å². The standard InChI is InChI=1S/C15H11F3O2/c1-20-13-5-3-2-4-12(13)14(19)10-6-8-11(9-7-10)15(16,17)18/h2-9H,1H3. The first-order valence-corrected chi connectivity index (χ1v) is 5.78. The topological polar surface area (TPSA) is 26.3 Å². The normalized spacial score (nSPS) is 11.2. The Kier molecular flexibility index (Phi) is 3.79. The summed E-state index contributed by atoms with van der Waals surface area (Å²) in [4.78, 5) is 12.2. The maximum Gasteiger partial charge on any atom is 0.416 e. The van der Waals surface area contributed by atoms with Crippen LogP contribution in [0.3, 0.4) is 0 Å². The minimum atomic E-state index is -4.41. The molecule has 0 spiro atoms. The second-order valence-electron chi connectivity index (χ2n) is 4.10. The zero-order valence-electron chi connectivity index (χ0n) is 10.6. The number of rotatable bonds is 3. The van der Waals surface area contributed by atoms with Crippen molar-refractivity contribution in [3.63, 3.8) is 0 Å². The molecule has 2 nitrogen and oxygen atoms in total. The number of halogens is 3. The summed E-state index contributed by atoms with van der Waals surface area (Å²) in [6.07, 6.45) is -4.41. The van der Waals surface area contributed by atoms with Gasteiger partial charge in [-0.1, -0.05) is 24.3 Å². The van der Waals surface area contributed by atoms with Crippen molar-refractivity contribution in [1.29, 1.82) is 0 Å². The highest BCUT2D eigenvalue weighted by Gasteiger charge is 2.30. The Balaban J connectivity index is 2.34. The van der Waals surface area contributed by atoms with Crippen molar-refractivity contribution in [3.8, 4) is 5.75 Å². The SMILES string of the molecule is COc1ccccc1C(=O)c1ccc(C(F)(F)F)cc1. The molecule has 2 rings (SSSR count). The first kappa shape index (κ1) is 14.1. The molecular formula is C15H11F3O2. The third-order valence-corrected chi connectivity index (χ3v) is 2.83. The molecule has 0 amide bonds. The highest BCUT2D eigenvalue weighted by molar-refractivity contribution is 6.10. The molecule has 20 heavy (non-hydrogen) atoms. The third-order valence-electron chi connectivity index (χ3n) is 2.83. The summed E-state index contributed by atoms with van der Waals surface area (Å²) in [5.41, 5.74) is -0.286. The van der Waals surface area contributed by atoms with Crippen LogP contribution in [0.1, 0.15) is 21.5 Å².